The summed E-state index contributed by atoms with van der Waals surface area (Å²) in [6.45, 7) is 3.72. The van der Waals surface area contributed by atoms with Gasteiger partial charge in [-0.15, -0.1) is 23.7 Å². The molecule has 17 heavy (non-hydrogen) atoms. The molecule has 2 rings (SSSR count). The second-order valence-corrected chi connectivity index (χ2v) is 5.44. The summed E-state index contributed by atoms with van der Waals surface area (Å²) in [5.74, 6) is 0.623. The van der Waals surface area contributed by atoms with E-state index in [1.165, 1.54) is 11.3 Å². The Labute approximate surface area is 112 Å². The summed E-state index contributed by atoms with van der Waals surface area (Å²) in [7, 11) is 0. The number of hydrogen-bond acceptors (Lipinski definition) is 3. The molecule has 2 N–H and O–H groups in total. The van der Waals surface area contributed by atoms with Crippen LogP contribution in [0.25, 0.3) is 0 Å². The van der Waals surface area contributed by atoms with Crippen molar-refractivity contribution in [2.75, 3.05) is 13.1 Å². The molecule has 1 aromatic heterocycles. The number of rotatable bonds is 2. The Morgan fingerprint density at radius 1 is 1.65 bits per heavy atom. The highest BCUT2D eigenvalue weighted by Crippen LogP contribution is 2.21. The van der Waals surface area contributed by atoms with E-state index in [9.17, 15) is 4.79 Å². The summed E-state index contributed by atoms with van der Waals surface area (Å²) in [5, 5.41) is 1.94. The Morgan fingerprint density at radius 3 is 3.00 bits per heavy atom. The van der Waals surface area contributed by atoms with Gasteiger partial charge in [-0.3, -0.25) is 4.79 Å². The zero-order chi connectivity index (χ0) is 11.5. The lowest BCUT2D eigenvalue weighted by Gasteiger charge is -2.34. The lowest BCUT2D eigenvalue weighted by atomic mass is 9.92. The van der Waals surface area contributed by atoms with Crippen LogP contribution in [-0.4, -0.2) is 29.9 Å². The van der Waals surface area contributed by atoms with Crippen molar-refractivity contribution in [1.29, 1.82) is 0 Å². The number of nitrogens with two attached hydrogens (primary N) is 1. The largest absolute Gasteiger partial charge is 0.338 e. The topological polar surface area (TPSA) is 46.3 Å². The van der Waals surface area contributed by atoms with Gasteiger partial charge in [-0.25, -0.2) is 0 Å². The molecule has 0 bridgehead atoms. The minimum absolute atomic E-state index is 0. The van der Waals surface area contributed by atoms with Crippen molar-refractivity contribution in [2.24, 2.45) is 11.7 Å². The van der Waals surface area contributed by atoms with Crippen molar-refractivity contribution < 1.29 is 4.79 Å². The molecule has 3 nitrogen and oxygen atoms in total. The van der Waals surface area contributed by atoms with Gasteiger partial charge in [0.1, 0.15) is 0 Å². The molecule has 2 heterocycles. The molecule has 1 fully saturated rings. The van der Waals surface area contributed by atoms with E-state index in [0.29, 0.717) is 5.92 Å². The molecule has 1 aliphatic heterocycles. The van der Waals surface area contributed by atoms with Crippen molar-refractivity contribution in [3.8, 4) is 0 Å². The van der Waals surface area contributed by atoms with Gasteiger partial charge in [0.05, 0.1) is 4.88 Å². The first-order chi connectivity index (χ1) is 7.68. The van der Waals surface area contributed by atoms with Crippen molar-refractivity contribution in [3.63, 3.8) is 0 Å². The Kier molecular flexibility index (Phi) is 5.43. The standard InChI is InChI=1S/C12H18N2OS.ClH/c1-9(13)10-4-2-6-14(8-10)12(15)11-5-3-7-16-11;/h3,5,7,9-10H,2,4,6,8,13H2,1H3;1H. The SMILES string of the molecule is CC(N)C1CCCN(C(=O)c2cccs2)C1.Cl. The molecule has 0 aliphatic carbocycles. The lowest BCUT2D eigenvalue weighted by molar-refractivity contribution is 0.0666. The number of carbonyl (C=O) groups excluding carboxylic acids is 1. The number of hydrogen-bond donors (Lipinski definition) is 1. The molecule has 0 radical (unpaired) electrons. The van der Waals surface area contributed by atoms with E-state index in [4.69, 9.17) is 5.73 Å². The lowest BCUT2D eigenvalue weighted by Crippen LogP contribution is -2.44. The van der Waals surface area contributed by atoms with Gasteiger partial charge in [-0.1, -0.05) is 6.07 Å². The van der Waals surface area contributed by atoms with Gasteiger partial charge in [0.15, 0.2) is 0 Å². The van der Waals surface area contributed by atoms with Gasteiger partial charge in [0.25, 0.3) is 5.91 Å². The minimum atomic E-state index is 0. The average Bonchev–Trinajstić information content (AvgIpc) is 2.81. The molecule has 96 valence electrons. The molecule has 0 saturated carbocycles. The van der Waals surface area contributed by atoms with E-state index in [0.717, 1.165) is 30.8 Å². The molecule has 1 saturated heterocycles. The second kappa shape index (κ2) is 6.38. The van der Waals surface area contributed by atoms with Crippen LogP contribution in [0.4, 0.5) is 0 Å². The van der Waals surface area contributed by atoms with E-state index in [1.807, 2.05) is 29.3 Å². The summed E-state index contributed by atoms with van der Waals surface area (Å²) in [6, 6.07) is 3.99. The minimum Gasteiger partial charge on any atom is -0.338 e. The Bertz CT molecular complexity index is 353. The van der Waals surface area contributed by atoms with Crippen LogP contribution in [0, 0.1) is 5.92 Å². The van der Waals surface area contributed by atoms with Crippen molar-refractivity contribution in [2.45, 2.75) is 25.8 Å². The first kappa shape index (κ1) is 14.5. The third-order valence-electron chi connectivity index (χ3n) is 3.22. The molecule has 0 spiro atoms. The van der Waals surface area contributed by atoms with Gasteiger partial charge in [-0.2, -0.15) is 0 Å². The van der Waals surface area contributed by atoms with Crippen LogP contribution < -0.4 is 5.73 Å². The Hall–Kier alpha value is -0.580. The summed E-state index contributed by atoms with van der Waals surface area (Å²) >= 11 is 1.51. The predicted octanol–water partition coefficient (Wildman–Crippen LogP) is 2.37. The van der Waals surface area contributed by atoms with Crippen LogP contribution in [0.1, 0.15) is 29.4 Å². The van der Waals surface area contributed by atoms with E-state index >= 15 is 0 Å². The molecule has 0 aromatic carbocycles. The second-order valence-electron chi connectivity index (χ2n) is 4.49. The van der Waals surface area contributed by atoms with Crippen molar-refractivity contribution in [3.05, 3.63) is 22.4 Å². The Morgan fingerprint density at radius 2 is 2.41 bits per heavy atom. The number of thiophene rings is 1. The summed E-state index contributed by atoms with van der Waals surface area (Å²) < 4.78 is 0. The number of nitrogens with zero attached hydrogens (tertiary/aromatic N) is 1. The van der Waals surface area contributed by atoms with Crippen molar-refractivity contribution >= 4 is 29.7 Å². The maximum Gasteiger partial charge on any atom is 0.263 e. The van der Waals surface area contributed by atoms with Crippen molar-refractivity contribution in [1.82, 2.24) is 4.90 Å². The van der Waals surface area contributed by atoms with Crippen LogP contribution >= 0.6 is 23.7 Å². The molecule has 1 aliphatic rings. The third kappa shape index (κ3) is 3.44. The predicted molar refractivity (Wildman–Crippen MR) is 73.8 cm³/mol. The summed E-state index contributed by atoms with van der Waals surface area (Å²) in [4.78, 5) is 14.9. The van der Waals surface area contributed by atoms with E-state index in [-0.39, 0.29) is 24.4 Å². The smallest absolute Gasteiger partial charge is 0.263 e. The van der Waals surface area contributed by atoms with Crippen LogP contribution in [0.2, 0.25) is 0 Å². The Balaban J connectivity index is 0.00000144. The molecule has 1 amide bonds. The van der Waals surface area contributed by atoms with E-state index in [2.05, 4.69) is 0 Å². The van der Waals surface area contributed by atoms with Gasteiger partial charge < -0.3 is 10.6 Å². The fraction of sp³-hybridized carbons (Fsp3) is 0.583. The van der Waals surface area contributed by atoms with E-state index in [1.54, 1.807) is 0 Å². The van der Waals surface area contributed by atoms with Gasteiger partial charge in [0, 0.05) is 19.1 Å². The van der Waals surface area contributed by atoms with Crippen LogP contribution in [-0.2, 0) is 0 Å². The summed E-state index contributed by atoms with van der Waals surface area (Å²) in [5.41, 5.74) is 5.91. The van der Waals surface area contributed by atoms with Crippen LogP contribution in [0.3, 0.4) is 0 Å². The average molecular weight is 275 g/mol. The fourth-order valence-electron chi connectivity index (χ4n) is 2.18. The molecule has 2 unspecified atom stereocenters. The third-order valence-corrected chi connectivity index (χ3v) is 4.08. The van der Waals surface area contributed by atoms with Gasteiger partial charge in [-0.05, 0) is 37.1 Å². The highest BCUT2D eigenvalue weighted by atomic mass is 35.5. The number of halogens is 1. The highest BCUT2D eigenvalue weighted by molar-refractivity contribution is 7.12. The first-order valence-electron chi connectivity index (χ1n) is 5.77. The van der Waals surface area contributed by atoms with Crippen LogP contribution in [0.5, 0.6) is 0 Å². The number of amides is 1. The molecule has 1 aromatic rings. The zero-order valence-electron chi connectivity index (χ0n) is 9.96. The first-order valence-corrected chi connectivity index (χ1v) is 6.65. The molecular formula is C12H19ClN2OS. The molecular weight excluding hydrogens is 256 g/mol. The molecule has 2 atom stereocenters. The zero-order valence-corrected chi connectivity index (χ0v) is 11.6. The van der Waals surface area contributed by atoms with Gasteiger partial charge in [0.2, 0.25) is 0 Å². The maximum atomic E-state index is 12.1. The number of carbonyl (C=O) groups is 1. The monoisotopic (exact) mass is 274 g/mol. The quantitative estimate of drug-likeness (QED) is 0.900. The summed E-state index contributed by atoms with van der Waals surface area (Å²) in [6.07, 6.45) is 2.22. The maximum absolute atomic E-state index is 12.1. The fourth-order valence-corrected chi connectivity index (χ4v) is 2.87. The molecule has 5 heteroatoms. The number of piperidine rings is 1. The number of likely N-dealkylation sites (tertiary alicyclic amines) is 1. The normalized spacial score (nSPS) is 21.8. The van der Waals surface area contributed by atoms with Gasteiger partial charge >= 0.3 is 0 Å². The van der Waals surface area contributed by atoms with Crippen LogP contribution in [0.15, 0.2) is 17.5 Å². The highest BCUT2D eigenvalue weighted by Gasteiger charge is 2.26. The van der Waals surface area contributed by atoms with E-state index < -0.39 is 0 Å².